The molecule has 0 radical (unpaired) electrons. The van der Waals surface area contributed by atoms with Crippen molar-refractivity contribution in [2.75, 3.05) is 0 Å². The Morgan fingerprint density at radius 2 is 1.71 bits per heavy atom. The maximum atomic E-state index is 6.29. The van der Waals surface area contributed by atoms with E-state index in [1.165, 1.54) is 5.56 Å². The predicted octanol–water partition coefficient (Wildman–Crippen LogP) is 4.00. The minimum Gasteiger partial charge on any atom is -0.320 e. The lowest BCUT2D eigenvalue weighted by atomic mass is 9.95. The predicted molar refractivity (Wildman–Crippen MR) is 73.4 cm³/mol. The van der Waals surface area contributed by atoms with Crippen molar-refractivity contribution in [3.8, 4) is 0 Å². The smallest absolute Gasteiger partial charge is 0.0554 e. The van der Waals surface area contributed by atoms with Crippen LogP contribution in [0.3, 0.4) is 0 Å². The molecule has 0 bridgehead atoms. The summed E-state index contributed by atoms with van der Waals surface area (Å²) in [4.78, 5) is 0. The Morgan fingerprint density at radius 1 is 1.00 bits per heavy atom. The molecule has 0 heterocycles. The Balaban J connectivity index is 2.40. The van der Waals surface area contributed by atoms with E-state index in [-0.39, 0.29) is 6.04 Å². The third-order valence-corrected chi connectivity index (χ3v) is 3.49. The molecule has 0 aliphatic carbocycles. The average Bonchev–Trinajstić information content (AvgIpc) is 2.32. The Bertz CT molecular complexity index is 534. The second-order valence-corrected chi connectivity index (χ2v) is 4.75. The van der Waals surface area contributed by atoms with Crippen molar-refractivity contribution in [2.45, 2.75) is 19.9 Å². The normalized spacial score (nSPS) is 12.5. The number of rotatable bonds is 2. The minimum atomic E-state index is -0.0906. The van der Waals surface area contributed by atoms with Crippen LogP contribution < -0.4 is 5.73 Å². The summed E-state index contributed by atoms with van der Waals surface area (Å²) in [6.45, 7) is 4.08. The Morgan fingerprint density at radius 3 is 2.35 bits per heavy atom. The summed E-state index contributed by atoms with van der Waals surface area (Å²) in [6.07, 6.45) is 0. The van der Waals surface area contributed by atoms with Crippen molar-refractivity contribution in [3.63, 3.8) is 0 Å². The maximum absolute atomic E-state index is 6.29. The maximum Gasteiger partial charge on any atom is 0.0554 e. The molecule has 2 aromatic rings. The van der Waals surface area contributed by atoms with Gasteiger partial charge in [0.05, 0.1) is 6.04 Å². The van der Waals surface area contributed by atoms with Gasteiger partial charge in [-0.3, -0.25) is 0 Å². The van der Waals surface area contributed by atoms with Gasteiger partial charge in [-0.15, -0.1) is 0 Å². The second kappa shape index (κ2) is 4.91. The Hall–Kier alpha value is -1.31. The molecule has 0 aliphatic rings. The summed E-state index contributed by atoms with van der Waals surface area (Å²) in [5, 5.41) is 0.783. The zero-order valence-electron chi connectivity index (χ0n) is 10.1. The molecule has 0 spiro atoms. The highest BCUT2D eigenvalue weighted by Gasteiger charge is 2.11. The largest absolute Gasteiger partial charge is 0.320 e. The quantitative estimate of drug-likeness (QED) is 0.850. The molecule has 0 aromatic heterocycles. The molecule has 1 atom stereocenters. The molecule has 17 heavy (non-hydrogen) atoms. The van der Waals surface area contributed by atoms with Gasteiger partial charge in [-0.05, 0) is 42.2 Å². The molecule has 0 saturated carbocycles. The second-order valence-electron chi connectivity index (χ2n) is 4.34. The van der Waals surface area contributed by atoms with Crippen LogP contribution in [0.15, 0.2) is 42.5 Å². The van der Waals surface area contributed by atoms with Gasteiger partial charge in [0.2, 0.25) is 0 Å². The molecule has 2 rings (SSSR count). The van der Waals surface area contributed by atoms with Gasteiger partial charge in [0.25, 0.3) is 0 Å². The summed E-state index contributed by atoms with van der Waals surface area (Å²) in [5.74, 6) is 0. The standard InChI is InChI=1S/C15H16ClN/c1-10-5-3-4-6-13(10)15(17)12-7-8-14(16)11(2)9-12/h3-9,15H,17H2,1-2H3. The molecule has 0 aliphatic heterocycles. The van der Waals surface area contributed by atoms with E-state index in [0.29, 0.717) is 0 Å². The van der Waals surface area contributed by atoms with Crippen molar-refractivity contribution < 1.29 is 0 Å². The number of hydrogen-bond acceptors (Lipinski definition) is 1. The minimum absolute atomic E-state index is 0.0906. The lowest BCUT2D eigenvalue weighted by Crippen LogP contribution is -2.13. The summed E-state index contributed by atoms with van der Waals surface area (Å²) in [5.41, 5.74) is 10.8. The van der Waals surface area contributed by atoms with E-state index < -0.39 is 0 Å². The number of halogens is 1. The fourth-order valence-electron chi connectivity index (χ4n) is 1.98. The van der Waals surface area contributed by atoms with Crippen molar-refractivity contribution in [1.82, 2.24) is 0 Å². The third-order valence-electron chi connectivity index (χ3n) is 3.06. The molecule has 0 amide bonds. The first-order chi connectivity index (χ1) is 8.09. The van der Waals surface area contributed by atoms with Gasteiger partial charge in [0.15, 0.2) is 0 Å². The molecule has 2 heteroatoms. The topological polar surface area (TPSA) is 26.0 Å². The highest BCUT2D eigenvalue weighted by atomic mass is 35.5. The van der Waals surface area contributed by atoms with Gasteiger partial charge in [-0.2, -0.15) is 0 Å². The molecule has 1 unspecified atom stereocenters. The summed E-state index contributed by atoms with van der Waals surface area (Å²) in [6, 6.07) is 14.1. The van der Waals surface area contributed by atoms with E-state index in [1.807, 2.05) is 31.2 Å². The SMILES string of the molecule is Cc1cc(C(N)c2ccccc2C)ccc1Cl. The monoisotopic (exact) mass is 245 g/mol. The van der Waals surface area contributed by atoms with Crippen LogP contribution in [0.1, 0.15) is 28.3 Å². The average molecular weight is 246 g/mol. The fraction of sp³-hybridized carbons (Fsp3) is 0.200. The first-order valence-electron chi connectivity index (χ1n) is 5.67. The zero-order chi connectivity index (χ0) is 12.4. The first kappa shape index (κ1) is 12.2. The van der Waals surface area contributed by atoms with E-state index in [2.05, 4.69) is 25.1 Å². The highest BCUT2D eigenvalue weighted by Crippen LogP contribution is 2.25. The Labute approximate surface area is 107 Å². The van der Waals surface area contributed by atoms with Gasteiger partial charge in [-0.25, -0.2) is 0 Å². The number of aryl methyl sites for hydroxylation is 2. The van der Waals surface area contributed by atoms with Crippen LogP contribution in [-0.4, -0.2) is 0 Å². The van der Waals surface area contributed by atoms with Gasteiger partial charge in [-0.1, -0.05) is 48.0 Å². The third kappa shape index (κ3) is 2.51. The molecule has 0 fully saturated rings. The fourth-order valence-corrected chi connectivity index (χ4v) is 2.09. The molecule has 2 aromatic carbocycles. The molecule has 88 valence electrons. The summed E-state index contributed by atoms with van der Waals surface area (Å²) in [7, 11) is 0. The van der Waals surface area contributed by atoms with Crippen molar-refractivity contribution in [2.24, 2.45) is 5.73 Å². The Kier molecular flexibility index (Phi) is 3.51. The highest BCUT2D eigenvalue weighted by molar-refractivity contribution is 6.31. The lowest BCUT2D eigenvalue weighted by molar-refractivity contribution is 0.860. The van der Waals surface area contributed by atoms with Crippen LogP contribution >= 0.6 is 11.6 Å². The van der Waals surface area contributed by atoms with E-state index >= 15 is 0 Å². The van der Waals surface area contributed by atoms with Crippen LogP contribution in [0.25, 0.3) is 0 Å². The van der Waals surface area contributed by atoms with Crippen molar-refractivity contribution in [3.05, 3.63) is 69.7 Å². The van der Waals surface area contributed by atoms with Crippen molar-refractivity contribution >= 4 is 11.6 Å². The summed E-state index contributed by atoms with van der Waals surface area (Å²) < 4.78 is 0. The van der Waals surface area contributed by atoms with E-state index in [4.69, 9.17) is 17.3 Å². The molecule has 1 nitrogen and oxygen atoms in total. The van der Waals surface area contributed by atoms with E-state index in [0.717, 1.165) is 21.7 Å². The molecular weight excluding hydrogens is 230 g/mol. The molecule has 2 N–H and O–H groups in total. The van der Waals surface area contributed by atoms with Crippen LogP contribution in [0, 0.1) is 13.8 Å². The van der Waals surface area contributed by atoms with Crippen LogP contribution in [0.2, 0.25) is 5.02 Å². The van der Waals surface area contributed by atoms with E-state index in [1.54, 1.807) is 0 Å². The number of nitrogens with two attached hydrogens (primary N) is 1. The first-order valence-corrected chi connectivity index (χ1v) is 6.04. The number of hydrogen-bond donors (Lipinski definition) is 1. The van der Waals surface area contributed by atoms with Crippen LogP contribution in [0.4, 0.5) is 0 Å². The van der Waals surface area contributed by atoms with Gasteiger partial charge >= 0.3 is 0 Å². The van der Waals surface area contributed by atoms with Crippen LogP contribution in [-0.2, 0) is 0 Å². The molecular formula is C15H16ClN. The van der Waals surface area contributed by atoms with Gasteiger partial charge in [0.1, 0.15) is 0 Å². The van der Waals surface area contributed by atoms with Gasteiger partial charge in [0, 0.05) is 5.02 Å². The number of benzene rings is 2. The van der Waals surface area contributed by atoms with Crippen molar-refractivity contribution in [1.29, 1.82) is 0 Å². The van der Waals surface area contributed by atoms with E-state index in [9.17, 15) is 0 Å². The zero-order valence-corrected chi connectivity index (χ0v) is 10.8. The summed E-state index contributed by atoms with van der Waals surface area (Å²) >= 11 is 6.02. The lowest BCUT2D eigenvalue weighted by Gasteiger charge is -2.16. The van der Waals surface area contributed by atoms with Crippen LogP contribution in [0.5, 0.6) is 0 Å². The molecule has 0 saturated heterocycles. The van der Waals surface area contributed by atoms with Gasteiger partial charge < -0.3 is 5.73 Å².